The number of pyridine rings is 1. The molecule has 0 aliphatic rings. The van der Waals surface area contributed by atoms with Crippen LogP contribution in [0.5, 0.6) is 0 Å². The molecule has 0 radical (unpaired) electrons. The van der Waals surface area contributed by atoms with Gasteiger partial charge in [0.25, 0.3) is 0 Å². The summed E-state index contributed by atoms with van der Waals surface area (Å²) < 4.78 is 2.10. The van der Waals surface area contributed by atoms with Gasteiger partial charge in [-0.2, -0.15) is 0 Å². The van der Waals surface area contributed by atoms with Crippen LogP contribution in [0, 0.1) is 0 Å². The molecule has 0 bridgehead atoms. The van der Waals surface area contributed by atoms with Crippen LogP contribution in [0.2, 0.25) is 5.15 Å². The number of rotatable bonds is 3. The molecule has 0 spiro atoms. The smallest absolute Gasteiger partial charge is 0.131 e. The summed E-state index contributed by atoms with van der Waals surface area (Å²) in [5, 5.41) is 0.557. The van der Waals surface area contributed by atoms with Gasteiger partial charge < -0.3 is 4.57 Å². The molecule has 3 nitrogen and oxygen atoms in total. The van der Waals surface area contributed by atoms with Gasteiger partial charge in [0, 0.05) is 19.5 Å². The number of imidazole rings is 1. The first-order valence-corrected chi connectivity index (χ1v) is 6.05. The maximum Gasteiger partial charge on any atom is 0.131 e. The average Bonchev–Trinajstić information content (AvgIpc) is 2.57. The standard InChI is InChI=1S/C12H16ClN3/c1-4-6-8-12-9(7-10(13)14-8)16(3)11(5-2)15-12/h7H,4-6H2,1-3H3. The van der Waals surface area contributed by atoms with Gasteiger partial charge in [-0.15, -0.1) is 0 Å². The highest BCUT2D eigenvalue weighted by Gasteiger charge is 2.12. The SMILES string of the molecule is CCCc1nc(Cl)cc2c1nc(CC)n2C. The van der Waals surface area contributed by atoms with Crippen LogP contribution in [-0.4, -0.2) is 14.5 Å². The quantitative estimate of drug-likeness (QED) is 0.768. The van der Waals surface area contributed by atoms with Crippen LogP contribution in [-0.2, 0) is 19.9 Å². The van der Waals surface area contributed by atoms with Crippen molar-refractivity contribution < 1.29 is 0 Å². The first-order valence-electron chi connectivity index (χ1n) is 5.68. The summed E-state index contributed by atoms with van der Waals surface area (Å²) in [6.45, 7) is 4.24. The summed E-state index contributed by atoms with van der Waals surface area (Å²) in [6.07, 6.45) is 2.91. The highest BCUT2D eigenvalue weighted by Crippen LogP contribution is 2.22. The third-order valence-corrected chi connectivity index (χ3v) is 3.00. The molecule has 86 valence electrons. The lowest BCUT2D eigenvalue weighted by Gasteiger charge is -2.02. The van der Waals surface area contributed by atoms with E-state index in [2.05, 4.69) is 28.4 Å². The van der Waals surface area contributed by atoms with Crippen molar-refractivity contribution in [1.29, 1.82) is 0 Å². The number of fused-ring (bicyclic) bond motifs is 1. The molecule has 2 aromatic heterocycles. The predicted molar refractivity (Wildman–Crippen MR) is 66.9 cm³/mol. The second-order valence-electron chi connectivity index (χ2n) is 3.95. The number of halogens is 1. The summed E-state index contributed by atoms with van der Waals surface area (Å²) in [5.74, 6) is 1.08. The molecular weight excluding hydrogens is 222 g/mol. The van der Waals surface area contributed by atoms with Crippen molar-refractivity contribution in [2.75, 3.05) is 0 Å². The maximum atomic E-state index is 6.03. The zero-order chi connectivity index (χ0) is 11.7. The number of hydrogen-bond acceptors (Lipinski definition) is 2. The first kappa shape index (κ1) is 11.4. The third-order valence-electron chi connectivity index (χ3n) is 2.81. The van der Waals surface area contributed by atoms with E-state index in [0.717, 1.165) is 41.8 Å². The highest BCUT2D eigenvalue weighted by molar-refractivity contribution is 6.30. The molecule has 2 heterocycles. The molecule has 0 amide bonds. The number of aromatic nitrogens is 3. The Bertz CT molecular complexity index is 516. The van der Waals surface area contributed by atoms with Crippen LogP contribution >= 0.6 is 11.6 Å². The van der Waals surface area contributed by atoms with Gasteiger partial charge in [-0.1, -0.05) is 31.9 Å². The van der Waals surface area contributed by atoms with Crippen molar-refractivity contribution in [3.8, 4) is 0 Å². The van der Waals surface area contributed by atoms with E-state index in [1.165, 1.54) is 0 Å². The summed E-state index contributed by atoms with van der Waals surface area (Å²) >= 11 is 6.03. The minimum atomic E-state index is 0.557. The van der Waals surface area contributed by atoms with Gasteiger partial charge in [-0.25, -0.2) is 9.97 Å². The number of aryl methyl sites for hydroxylation is 3. The van der Waals surface area contributed by atoms with Gasteiger partial charge >= 0.3 is 0 Å². The lowest BCUT2D eigenvalue weighted by molar-refractivity contribution is 0.829. The van der Waals surface area contributed by atoms with Crippen LogP contribution in [0.1, 0.15) is 31.8 Å². The van der Waals surface area contributed by atoms with Gasteiger partial charge in [0.1, 0.15) is 16.5 Å². The van der Waals surface area contributed by atoms with Gasteiger partial charge in [-0.05, 0) is 6.42 Å². The Balaban J connectivity index is 2.71. The fraction of sp³-hybridized carbons (Fsp3) is 0.500. The number of nitrogens with zero attached hydrogens (tertiary/aromatic N) is 3. The Kier molecular flexibility index (Phi) is 3.15. The molecular formula is C12H16ClN3. The summed E-state index contributed by atoms with van der Waals surface area (Å²) in [4.78, 5) is 9.00. The summed E-state index contributed by atoms with van der Waals surface area (Å²) in [5.41, 5.74) is 3.10. The molecule has 4 heteroatoms. The van der Waals surface area contributed by atoms with Gasteiger partial charge in [0.15, 0.2) is 0 Å². The molecule has 0 unspecified atom stereocenters. The second-order valence-corrected chi connectivity index (χ2v) is 4.34. The molecule has 0 aliphatic heterocycles. The van der Waals surface area contributed by atoms with Gasteiger partial charge in [0.05, 0.1) is 11.2 Å². The molecule has 0 aliphatic carbocycles. The molecule has 0 atom stereocenters. The minimum Gasteiger partial charge on any atom is -0.331 e. The molecule has 2 rings (SSSR count). The normalized spacial score (nSPS) is 11.2. The number of hydrogen-bond donors (Lipinski definition) is 0. The van der Waals surface area contributed by atoms with Crippen molar-refractivity contribution in [3.63, 3.8) is 0 Å². The second kappa shape index (κ2) is 4.42. The van der Waals surface area contributed by atoms with E-state index in [0.29, 0.717) is 5.15 Å². The Morgan fingerprint density at radius 1 is 1.31 bits per heavy atom. The van der Waals surface area contributed by atoms with E-state index in [1.54, 1.807) is 0 Å². The Morgan fingerprint density at radius 2 is 2.06 bits per heavy atom. The van der Waals surface area contributed by atoms with Crippen LogP contribution in [0.25, 0.3) is 11.0 Å². The molecule has 0 fully saturated rings. The van der Waals surface area contributed by atoms with E-state index in [4.69, 9.17) is 11.6 Å². The van der Waals surface area contributed by atoms with Gasteiger partial charge in [0.2, 0.25) is 0 Å². The van der Waals surface area contributed by atoms with E-state index >= 15 is 0 Å². The zero-order valence-corrected chi connectivity index (χ0v) is 10.7. The van der Waals surface area contributed by atoms with E-state index in [9.17, 15) is 0 Å². The molecule has 2 aromatic rings. The topological polar surface area (TPSA) is 30.7 Å². The fourth-order valence-corrected chi connectivity index (χ4v) is 2.20. The fourth-order valence-electron chi connectivity index (χ4n) is 1.99. The van der Waals surface area contributed by atoms with Crippen molar-refractivity contribution >= 4 is 22.6 Å². The van der Waals surface area contributed by atoms with Crippen molar-refractivity contribution in [2.24, 2.45) is 7.05 Å². The van der Waals surface area contributed by atoms with Crippen LogP contribution < -0.4 is 0 Å². The van der Waals surface area contributed by atoms with E-state index in [1.807, 2.05) is 13.1 Å². The lowest BCUT2D eigenvalue weighted by atomic mass is 10.2. The Morgan fingerprint density at radius 3 is 2.69 bits per heavy atom. The van der Waals surface area contributed by atoms with E-state index < -0.39 is 0 Å². The molecule has 16 heavy (non-hydrogen) atoms. The zero-order valence-electron chi connectivity index (χ0n) is 9.92. The van der Waals surface area contributed by atoms with Crippen molar-refractivity contribution in [3.05, 3.63) is 22.7 Å². The van der Waals surface area contributed by atoms with Crippen LogP contribution in [0.4, 0.5) is 0 Å². The largest absolute Gasteiger partial charge is 0.331 e. The van der Waals surface area contributed by atoms with Crippen molar-refractivity contribution in [2.45, 2.75) is 33.1 Å². The van der Waals surface area contributed by atoms with Gasteiger partial charge in [-0.3, -0.25) is 0 Å². The summed E-state index contributed by atoms with van der Waals surface area (Å²) in [6, 6.07) is 1.89. The molecule has 0 saturated carbocycles. The average molecular weight is 238 g/mol. The molecule has 0 N–H and O–H groups in total. The van der Waals surface area contributed by atoms with Crippen LogP contribution in [0.15, 0.2) is 6.07 Å². The monoisotopic (exact) mass is 237 g/mol. The van der Waals surface area contributed by atoms with Crippen LogP contribution in [0.3, 0.4) is 0 Å². The van der Waals surface area contributed by atoms with E-state index in [-0.39, 0.29) is 0 Å². The highest BCUT2D eigenvalue weighted by atomic mass is 35.5. The maximum absolute atomic E-state index is 6.03. The predicted octanol–water partition coefficient (Wildman–Crippen LogP) is 3.14. The Hall–Kier alpha value is -1.09. The Labute approximate surface area is 100 Å². The first-order chi connectivity index (χ1) is 7.67. The van der Waals surface area contributed by atoms with Crippen molar-refractivity contribution in [1.82, 2.24) is 14.5 Å². The third kappa shape index (κ3) is 1.80. The molecule has 0 saturated heterocycles. The molecule has 0 aromatic carbocycles. The summed E-state index contributed by atoms with van der Waals surface area (Å²) in [7, 11) is 2.03. The minimum absolute atomic E-state index is 0.557. The lowest BCUT2D eigenvalue weighted by Crippen LogP contribution is -1.95.